The first-order chi connectivity index (χ1) is 8.66. The third-order valence-corrected chi connectivity index (χ3v) is 2.70. The van der Waals surface area contributed by atoms with Crippen molar-refractivity contribution < 1.29 is 4.74 Å². The van der Waals surface area contributed by atoms with Gasteiger partial charge in [0.1, 0.15) is 12.4 Å². The zero-order valence-electron chi connectivity index (χ0n) is 10.8. The van der Waals surface area contributed by atoms with Gasteiger partial charge in [0.25, 0.3) is 0 Å². The molecule has 0 aromatic heterocycles. The molecule has 2 aromatic rings. The molecule has 3 nitrogen and oxygen atoms in total. The molecule has 0 atom stereocenters. The van der Waals surface area contributed by atoms with Gasteiger partial charge >= 0.3 is 0 Å². The largest absolute Gasteiger partial charge is 0.487 e. The van der Waals surface area contributed by atoms with Crippen molar-refractivity contribution in [2.75, 3.05) is 24.7 Å². The summed E-state index contributed by atoms with van der Waals surface area (Å²) in [6.45, 7) is 0.547. The molecule has 0 saturated heterocycles. The van der Waals surface area contributed by atoms with Gasteiger partial charge in [-0.1, -0.05) is 30.3 Å². The molecule has 2 aromatic carbocycles. The molecule has 0 aliphatic rings. The van der Waals surface area contributed by atoms with Gasteiger partial charge in [-0.25, -0.2) is 0 Å². The van der Waals surface area contributed by atoms with Crippen LogP contribution in [0.5, 0.6) is 5.75 Å². The summed E-state index contributed by atoms with van der Waals surface area (Å²) in [5, 5.41) is 0. The average molecular weight is 242 g/mol. The van der Waals surface area contributed by atoms with Crippen molar-refractivity contribution in [3.8, 4) is 5.75 Å². The predicted octanol–water partition coefficient (Wildman–Crippen LogP) is 2.91. The Morgan fingerprint density at radius 2 is 1.78 bits per heavy atom. The number of ether oxygens (including phenoxy) is 1. The lowest BCUT2D eigenvalue weighted by Crippen LogP contribution is -2.11. The molecule has 2 N–H and O–H groups in total. The summed E-state index contributed by atoms with van der Waals surface area (Å²) in [7, 11) is 3.97. The van der Waals surface area contributed by atoms with Crippen molar-refractivity contribution in [3.63, 3.8) is 0 Å². The van der Waals surface area contributed by atoms with Gasteiger partial charge in [0.05, 0.1) is 5.69 Å². The Balaban J connectivity index is 2.15. The molecule has 94 valence electrons. The van der Waals surface area contributed by atoms with Gasteiger partial charge in [-0.05, 0) is 17.7 Å². The summed E-state index contributed by atoms with van der Waals surface area (Å²) in [4.78, 5) is 2.01. The second-order valence-electron chi connectivity index (χ2n) is 4.40. The number of nitrogens with zero attached hydrogens (tertiary/aromatic N) is 1. The van der Waals surface area contributed by atoms with Crippen LogP contribution in [0.15, 0.2) is 48.5 Å². The van der Waals surface area contributed by atoms with Gasteiger partial charge in [0.15, 0.2) is 0 Å². The van der Waals surface area contributed by atoms with Crippen LogP contribution >= 0.6 is 0 Å². The molecule has 0 aliphatic carbocycles. The first-order valence-corrected chi connectivity index (χ1v) is 5.90. The smallest absolute Gasteiger partial charge is 0.145 e. The Hall–Kier alpha value is -2.16. The van der Waals surface area contributed by atoms with Gasteiger partial charge in [-0.15, -0.1) is 0 Å². The molecule has 0 spiro atoms. The Bertz CT molecular complexity index is 509. The minimum atomic E-state index is 0.547. The fourth-order valence-electron chi connectivity index (χ4n) is 1.75. The van der Waals surface area contributed by atoms with Crippen LogP contribution in [-0.4, -0.2) is 14.1 Å². The Labute approximate surface area is 108 Å². The number of anilines is 2. The molecule has 18 heavy (non-hydrogen) atoms. The van der Waals surface area contributed by atoms with Crippen molar-refractivity contribution in [1.29, 1.82) is 0 Å². The molecule has 0 heterocycles. The highest BCUT2D eigenvalue weighted by Crippen LogP contribution is 2.29. The van der Waals surface area contributed by atoms with E-state index in [2.05, 4.69) is 0 Å². The third kappa shape index (κ3) is 2.94. The van der Waals surface area contributed by atoms with Gasteiger partial charge < -0.3 is 15.4 Å². The Morgan fingerprint density at radius 3 is 2.44 bits per heavy atom. The molecule has 2 rings (SSSR count). The SMILES string of the molecule is CN(C)c1ccc(N)cc1OCc1ccccc1. The number of hydrogen-bond donors (Lipinski definition) is 1. The quantitative estimate of drug-likeness (QED) is 0.838. The van der Waals surface area contributed by atoms with E-state index in [1.165, 1.54) is 0 Å². The fraction of sp³-hybridized carbons (Fsp3) is 0.200. The molecule has 0 bridgehead atoms. The third-order valence-electron chi connectivity index (χ3n) is 2.70. The standard InChI is InChI=1S/C15H18N2O/c1-17(2)14-9-8-13(16)10-15(14)18-11-12-6-4-3-5-7-12/h3-10H,11,16H2,1-2H3. The average Bonchev–Trinajstić information content (AvgIpc) is 2.37. The minimum absolute atomic E-state index is 0.547. The van der Waals surface area contributed by atoms with E-state index in [1.807, 2.05) is 67.5 Å². The topological polar surface area (TPSA) is 38.5 Å². The Morgan fingerprint density at radius 1 is 1.06 bits per heavy atom. The van der Waals surface area contributed by atoms with Crippen LogP contribution in [-0.2, 0) is 6.61 Å². The highest BCUT2D eigenvalue weighted by atomic mass is 16.5. The highest BCUT2D eigenvalue weighted by Gasteiger charge is 2.06. The maximum atomic E-state index is 5.84. The monoisotopic (exact) mass is 242 g/mol. The van der Waals surface area contributed by atoms with Crippen molar-refractivity contribution in [3.05, 3.63) is 54.1 Å². The first-order valence-electron chi connectivity index (χ1n) is 5.90. The van der Waals surface area contributed by atoms with Crippen LogP contribution in [0.25, 0.3) is 0 Å². The summed E-state index contributed by atoms with van der Waals surface area (Å²) >= 11 is 0. The first kappa shape index (κ1) is 12.3. The summed E-state index contributed by atoms with van der Waals surface area (Å²) < 4.78 is 5.84. The summed E-state index contributed by atoms with van der Waals surface area (Å²) in [5.74, 6) is 0.809. The van der Waals surface area contributed by atoms with Crippen LogP contribution in [0.3, 0.4) is 0 Å². The lowest BCUT2D eigenvalue weighted by Gasteiger charge is -2.18. The second-order valence-corrected chi connectivity index (χ2v) is 4.40. The van der Waals surface area contributed by atoms with Crippen molar-refractivity contribution in [1.82, 2.24) is 0 Å². The van der Waals surface area contributed by atoms with Crippen LogP contribution in [0.4, 0.5) is 11.4 Å². The maximum Gasteiger partial charge on any atom is 0.145 e. The molecule has 0 fully saturated rings. The molecule has 0 radical (unpaired) electrons. The van der Waals surface area contributed by atoms with Gasteiger partial charge in [0.2, 0.25) is 0 Å². The Kier molecular flexibility index (Phi) is 3.72. The highest BCUT2D eigenvalue weighted by molar-refractivity contribution is 5.63. The van der Waals surface area contributed by atoms with E-state index in [1.54, 1.807) is 0 Å². The molecular formula is C15H18N2O. The van der Waals surface area contributed by atoms with Gasteiger partial charge in [-0.2, -0.15) is 0 Å². The fourth-order valence-corrected chi connectivity index (χ4v) is 1.75. The van der Waals surface area contributed by atoms with E-state index >= 15 is 0 Å². The van der Waals surface area contributed by atoms with Crippen LogP contribution < -0.4 is 15.4 Å². The van der Waals surface area contributed by atoms with E-state index in [0.29, 0.717) is 12.3 Å². The summed E-state index contributed by atoms with van der Waals surface area (Å²) in [5.41, 5.74) is 8.68. The molecule has 0 amide bonds. The number of nitrogens with two attached hydrogens (primary N) is 1. The van der Waals surface area contributed by atoms with E-state index in [9.17, 15) is 0 Å². The van der Waals surface area contributed by atoms with Crippen molar-refractivity contribution in [2.45, 2.75) is 6.61 Å². The van der Waals surface area contributed by atoms with Crippen LogP contribution in [0.1, 0.15) is 5.56 Å². The minimum Gasteiger partial charge on any atom is -0.487 e. The van der Waals surface area contributed by atoms with Crippen LogP contribution in [0, 0.1) is 0 Å². The van der Waals surface area contributed by atoms with Crippen molar-refractivity contribution >= 4 is 11.4 Å². The number of nitrogen functional groups attached to an aromatic ring is 1. The molecule has 0 aliphatic heterocycles. The normalized spacial score (nSPS) is 10.1. The number of rotatable bonds is 4. The lowest BCUT2D eigenvalue weighted by molar-refractivity contribution is 0.307. The predicted molar refractivity (Wildman–Crippen MR) is 76.0 cm³/mol. The van der Waals surface area contributed by atoms with E-state index < -0.39 is 0 Å². The lowest BCUT2D eigenvalue weighted by atomic mass is 10.2. The number of benzene rings is 2. The molecular weight excluding hydrogens is 224 g/mol. The van der Waals surface area contributed by atoms with Gasteiger partial charge in [0, 0.05) is 25.8 Å². The maximum absolute atomic E-state index is 5.84. The summed E-state index contributed by atoms with van der Waals surface area (Å²) in [6, 6.07) is 15.8. The van der Waals surface area contributed by atoms with E-state index in [-0.39, 0.29) is 0 Å². The van der Waals surface area contributed by atoms with E-state index in [4.69, 9.17) is 10.5 Å². The van der Waals surface area contributed by atoms with Crippen molar-refractivity contribution in [2.24, 2.45) is 0 Å². The van der Waals surface area contributed by atoms with E-state index in [0.717, 1.165) is 17.0 Å². The van der Waals surface area contributed by atoms with Crippen LogP contribution in [0.2, 0.25) is 0 Å². The summed E-state index contributed by atoms with van der Waals surface area (Å²) in [6.07, 6.45) is 0. The molecule has 0 saturated carbocycles. The zero-order valence-corrected chi connectivity index (χ0v) is 10.8. The zero-order chi connectivity index (χ0) is 13.0. The van der Waals surface area contributed by atoms with Gasteiger partial charge in [-0.3, -0.25) is 0 Å². The molecule has 3 heteroatoms. The second kappa shape index (κ2) is 5.45. The number of hydrogen-bond acceptors (Lipinski definition) is 3. The molecule has 0 unspecified atom stereocenters.